The number of nitrogens with zero attached hydrogens (tertiary/aromatic N) is 5. The maximum absolute atomic E-state index is 12.0. The summed E-state index contributed by atoms with van der Waals surface area (Å²) in [6.45, 7) is 7.94. The molecule has 3 rings (SSSR count). The van der Waals surface area contributed by atoms with E-state index in [-0.39, 0.29) is 11.9 Å². The molecular weight excluding hydrogens is 298 g/mol. The van der Waals surface area contributed by atoms with Gasteiger partial charge in [0.25, 0.3) is 0 Å². The number of likely N-dealkylation sites (tertiary alicyclic amines) is 1. The van der Waals surface area contributed by atoms with E-state index in [0.717, 1.165) is 25.3 Å². The predicted octanol–water partition coefficient (Wildman–Crippen LogP) is 1.30. The molecule has 0 spiro atoms. The number of carbonyl (C=O) groups excluding carboxylic acids is 1. The third-order valence-corrected chi connectivity index (χ3v) is 4.00. The molecule has 1 atom stereocenters. The lowest BCUT2D eigenvalue weighted by atomic mass is 10.2. The molecule has 8 nitrogen and oxygen atoms in total. The molecule has 0 bridgehead atoms. The van der Waals surface area contributed by atoms with Crippen LogP contribution < -0.4 is 0 Å². The van der Waals surface area contributed by atoms with E-state index < -0.39 is 0 Å². The summed E-state index contributed by atoms with van der Waals surface area (Å²) < 4.78 is 10.5. The zero-order valence-electron chi connectivity index (χ0n) is 13.7. The van der Waals surface area contributed by atoms with Gasteiger partial charge in [-0.3, -0.25) is 9.69 Å². The van der Waals surface area contributed by atoms with Crippen LogP contribution in [0, 0.1) is 13.8 Å². The van der Waals surface area contributed by atoms with Crippen molar-refractivity contribution in [2.75, 3.05) is 13.1 Å². The van der Waals surface area contributed by atoms with Crippen LogP contribution in [0.3, 0.4) is 0 Å². The molecule has 23 heavy (non-hydrogen) atoms. The first kappa shape index (κ1) is 15.7. The Hall–Kier alpha value is -2.22. The lowest BCUT2D eigenvalue weighted by Gasteiger charge is -2.26. The Morgan fingerprint density at radius 1 is 1.48 bits per heavy atom. The third kappa shape index (κ3) is 3.76. The van der Waals surface area contributed by atoms with Crippen LogP contribution >= 0.6 is 0 Å². The summed E-state index contributed by atoms with van der Waals surface area (Å²) in [6, 6.07) is 0.141. The van der Waals surface area contributed by atoms with Crippen molar-refractivity contribution in [1.29, 1.82) is 0 Å². The number of rotatable bonds is 5. The zero-order valence-corrected chi connectivity index (χ0v) is 13.7. The summed E-state index contributed by atoms with van der Waals surface area (Å²) in [5.41, 5.74) is 0. The highest BCUT2D eigenvalue weighted by atomic mass is 16.5. The molecule has 0 unspecified atom stereocenters. The summed E-state index contributed by atoms with van der Waals surface area (Å²) in [7, 11) is 0. The molecule has 2 aromatic rings. The standard InChI is InChI=1S/C15H21N5O3/c1-10-6-16-15(22-10)9-19-5-4-13(7-19)20(12(3)21)8-14-17-11(2)23-18-14/h6,13H,4-5,7-9H2,1-3H3/t13-/m0/s1. The molecular formula is C15H21N5O3. The first-order valence-electron chi connectivity index (χ1n) is 7.71. The summed E-state index contributed by atoms with van der Waals surface area (Å²) in [4.78, 5) is 24.5. The third-order valence-electron chi connectivity index (χ3n) is 4.00. The van der Waals surface area contributed by atoms with Crippen molar-refractivity contribution in [3.63, 3.8) is 0 Å². The van der Waals surface area contributed by atoms with Crippen LogP contribution in [0.5, 0.6) is 0 Å². The van der Waals surface area contributed by atoms with Crippen LogP contribution in [0.4, 0.5) is 0 Å². The number of carbonyl (C=O) groups is 1. The number of aromatic nitrogens is 3. The SMILES string of the molecule is CC(=O)N(Cc1noc(C)n1)[C@H]1CCN(Cc2ncc(C)o2)C1. The number of amides is 1. The lowest BCUT2D eigenvalue weighted by Crippen LogP contribution is -2.40. The minimum absolute atomic E-state index is 0.0197. The van der Waals surface area contributed by atoms with Gasteiger partial charge >= 0.3 is 0 Å². The average molecular weight is 319 g/mol. The van der Waals surface area contributed by atoms with Gasteiger partial charge in [-0.05, 0) is 13.3 Å². The maximum atomic E-state index is 12.0. The summed E-state index contributed by atoms with van der Waals surface area (Å²) in [5, 5.41) is 3.88. The van der Waals surface area contributed by atoms with Crippen LogP contribution in [0.2, 0.25) is 0 Å². The molecule has 0 aromatic carbocycles. The Morgan fingerprint density at radius 3 is 2.91 bits per heavy atom. The number of oxazole rings is 1. The van der Waals surface area contributed by atoms with Gasteiger partial charge in [0, 0.05) is 33.0 Å². The van der Waals surface area contributed by atoms with Crippen LogP contribution in [-0.4, -0.2) is 50.0 Å². The van der Waals surface area contributed by atoms with Gasteiger partial charge in [0.2, 0.25) is 17.7 Å². The van der Waals surface area contributed by atoms with Gasteiger partial charge in [-0.15, -0.1) is 0 Å². The Kier molecular flexibility index (Phi) is 4.42. The Labute approximate surface area is 134 Å². The summed E-state index contributed by atoms with van der Waals surface area (Å²) in [5.74, 6) is 2.60. The van der Waals surface area contributed by atoms with E-state index in [4.69, 9.17) is 8.94 Å². The van der Waals surface area contributed by atoms with Gasteiger partial charge in [0.05, 0.1) is 19.3 Å². The van der Waals surface area contributed by atoms with E-state index in [1.165, 1.54) is 0 Å². The van der Waals surface area contributed by atoms with Gasteiger partial charge < -0.3 is 13.8 Å². The normalized spacial score (nSPS) is 18.5. The fraction of sp³-hybridized carbons (Fsp3) is 0.600. The molecule has 1 fully saturated rings. The van der Waals surface area contributed by atoms with Crippen molar-refractivity contribution >= 4 is 5.91 Å². The minimum atomic E-state index is 0.0197. The van der Waals surface area contributed by atoms with Crippen LogP contribution in [0.25, 0.3) is 0 Å². The van der Waals surface area contributed by atoms with E-state index in [2.05, 4.69) is 20.0 Å². The molecule has 8 heteroatoms. The zero-order chi connectivity index (χ0) is 16.4. The largest absolute Gasteiger partial charge is 0.445 e. The first-order chi connectivity index (χ1) is 11.0. The average Bonchev–Trinajstić information content (AvgIpc) is 3.19. The predicted molar refractivity (Wildman–Crippen MR) is 80.2 cm³/mol. The quantitative estimate of drug-likeness (QED) is 0.820. The van der Waals surface area contributed by atoms with Crippen LogP contribution in [0.15, 0.2) is 15.1 Å². The van der Waals surface area contributed by atoms with Gasteiger partial charge in [-0.2, -0.15) is 4.98 Å². The molecule has 0 saturated carbocycles. The van der Waals surface area contributed by atoms with Crippen molar-refractivity contribution in [2.24, 2.45) is 0 Å². The van der Waals surface area contributed by atoms with Crippen molar-refractivity contribution < 1.29 is 13.7 Å². The van der Waals surface area contributed by atoms with Crippen molar-refractivity contribution in [3.8, 4) is 0 Å². The van der Waals surface area contributed by atoms with E-state index in [1.807, 2.05) is 11.8 Å². The second kappa shape index (κ2) is 6.49. The fourth-order valence-electron chi connectivity index (χ4n) is 2.93. The van der Waals surface area contributed by atoms with Gasteiger partial charge in [0.15, 0.2) is 5.82 Å². The molecule has 3 heterocycles. The molecule has 1 amide bonds. The van der Waals surface area contributed by atoms with Gasteiger partial charge in [-0.1, -0.05) is 5.16 Å². The lowest BCUT2D eigenvalue weighted by molar-refractivity contribution is -0.131. The highest BCUT2D eigenvalue weighted by Crippen LogP contribution is 2.20. The molecule has 0 N–H and O–H groups in total. The van der Waals surface area contributed by atoms with Crippen molar-refractivity contribution in [2.45, 2.75) is 46.3 Å². The highest BCUT2D eigenvalue weighted by Gasteiger charge is 2.30. The highest BCUT2D eigenvalue weighted by molar-refractivity contribution is 5.73. The van der Waals surface area contributed by atoms with Gasteiger partial charge in [0.1, 0.15) is 5.76 Å². The molecule has 2 aromatic heterocycles. The van der Waals surface area contributed by atoms with E-state index in [0.29, 0.717) is 30.7 Å². The second-order valence-corrected chi connectivity index (χ2v) is 5.92. The minimum Gasteiger partial charge on any atom is -0.445 e. The van der Waals surface area contributed by atoms with E-state index >= 15 is 0 Å². The van der Waals surface area contributed by atoms with Crippen molar-refractivity contribution in [3.05, 3.63) is 29.6 Å². The number of aryl methyl sites for hydroxylation is 2. The maximum Gasteiger partial charge on any atom is 0.223 e. The molecule has 0 radical (unpaired) electrons. The molecule has 1 aliphatic rings. The fourth-order valence-corrected chi connectivity index (χ4v) is 2.93. The Bertz CT molecular complexity index is 680. The van der Waals surface area contributed by atoms with E-state index in [9.17, 15) is 4.79 Å². The molecule has 124 valence electrons. The Balaban J connectivity index is 1.61. The molecule has 1 aliphatic heterocycles. The smallest absolute Gasteiger partial charge is 0.223 e. The number of hydrogen-bond acceptors (Lipinski definition) is 7. The molecule has 1 saturated heterocycles. The molecule has 0 aliphatic carbocycles. The summed E-state index contributed by atoms with van der Waals surface area (Å²) in [6.07, 6.45) is 2.64. The second-order valence-electron chi connectivity index (χ2n) is 5.92. The van der Waals surface area contributed by atoms with Gasteiger partial charge in [-0.25, -0.2) is 4.98 Å². The summed E-state index contributed by atoms with van der Waals surface area (Å²) >= 11 is 0. The monoisotopic (exact) mass is 319 g/mol. The number of hydrogen-bond donors (Lipinski definition) is 0. The van der Waals surface area contributed by atoms with Crippen LogP contribution in [-0.2, 0) is 17.9 Å². The first-order valence-corrected chi connectivity index (χ1v) is 7.71. The van der Waals surface area contributed by atoms with E-state index in [1.54, 1.807) is 20.0 Å². The van der Waals surface area contributed by atoms with Crippen LogP contribution in [0.1, 0.15) is 36.7 Å². The topological polar surface area (TPSA) is 88.5 Å². The van der Waals surface area contributed by atoms with Crippen molar-refractivity contribution in [1.82, 2.24) is 24.9 Å². The Morgan fingerprint density at radius 2 is 2.30 bits per heavy atom.